The molecule has 1 atom stereocenters. The maximum Gasteiger partial charge on any atom is 0.161 e. The maximum absolute atomic E-state index is 6.28. The largest absolute Gasteiger partial charge is 0.493 e. The van der Waals surface area contributed by atoms with Gasteiger partial charge in [-0.25, -0.2) is 0 Å². The third kappa shape index (κ3) is 3.08. The first-order valence-corrected chi connectivity index (χ1v) is 7.16. The number of hydrogen-bond donors (Lipinski definition) is 1. The summed E-state index contributed by atoms with van der Waals surface area (Å²) in [6.45, 7) is 0. The van der Waals surface area contributed by atoms with Crippen molar-refractivity contribution >= 4 is 27.5 Å². The minimum Gasteiger partial charge on any atom is -0.493 e. The number of rotatable bonds is 4. The van der Waals surface area contributed by atoms with Crippen LogP contribution in [0.1, 0.15) is 17.2 Å². The van der Waals surface area contributed by atoms with Crippen molar-refractivity contribution in [1.29, 1.82) is 0 Å². The number of methoxy groups -OCH3 is 2. The Hall–Kier alpha value is -1.23. The van der Waals surface area contributed by atoms with Gasteiger partial charge in [0, 0.05) is 4.47 Å². The van der Waals surface area contributed by atoms with Crippen molar-refractivity contribution in [3.8, 4) is 11.5 Å². The van der Waals surface area contributed by atoms with E-state index in [1.54, 1.807) is 14.2 Å². The summed E-state index contributed by atoms with van der Waals surface area (Å²) in [5.41, 5.74) is 8.15. The van der Waals surface area contributed by atoms with Crippen molar-refractivity contribution in [3.63, 3.8) is 0 Å². The predicted molar refractivity (Wildman–Crippen MR) is 84.7 cm³/mol. The molecular formula is C15H15BrClNO2. The molecule has 0 heterocycles. The van der Waals surface area contributed by atoms with Gasteiger partial charge in [0.15, 0.2) is 11.5 Å². The Morgan fingerprint density at radius 1 is 1.00 bits per heavy atom. The molecule has 3 nitrogen and oxygen atoms in total. The fourth-order valence-electron chi connectivity index (χ4n) is 1.94. The second-order valence-corrected chi connectivity index (χ2v) is 5.53. The zero-order chi connectivity index (χ0) is 14.7. The molecule has 0 aromatic heterocycles. The Bertz CT molecular complexity index is 619. The van der Waals surface area contributed by atoms with Crippen molar-refractivity contribution in [2.45, 2.75) is 6.04 Å². The second kappa shape index (κ2) is 6.48. The highest BCUT2D eigenvalue weighted by molar-refractivity contribution is 9.10. The number of nitrogens with two attached hydrogens (primary N) is 1. The van der Waals surface area contributed by atoms with Crippen molar-refractivity contribution in [2.75, 3.05) is 14.2 Å². The Morgan fingerprint density at radius 2 is 1.60 bits per heavy atom. The predicted octanol–water partition coefficient (Wildman–Crippen LogP) is 4.17. The van der Waals surface area contributed by atoms with E-state index in [-0.39, 0.29) is 6.04 Å². The van der Waals surface area contributed by atoms with Crippen molar-refractivity contribution in [2.24, 2.45) is 5.73 Å². The normalized spacial score (nSPS) is 12.1. The molecule has 0 saturated carbocycles. The lowest BCUT2D eigenvalue weighted by Gasteiger charge is -2.16. The van der Waals surface area contributed by atoms with Crippen LogP contribution in [0.4, 0.5) is 0 Å². The molecule has 106 valence electrons. The topological polar surface area (TPSA) is 44.5 Å². The average molecular weight is 357 g/mol. The molecule has 2 rings (SSSR count). The molecule has 1 unspecified atom stereocenters. The van der Waals surface area contributed by atoms with Gasteiger partial charge in [-0.2, -0.15) is 0 Å². The molecule has 0 saturated heterocycles. The molecule has 0 aliphatic heterocycles. The van der Waals surface area contributed by atoms with Crippen molar-refractivity contribution < 1.29 is 9.47 Å². The van der Waals surface area contributed by atoms with Gasteiger partial charge < -0.3 is 15.2 Å². The highest BCUT2D eigenvalue weighted by Crippen LogP contribution is 2.33. The summed E-state index contributed by atoms with van der Waals surface area (Å²) in [4.78, 5) is 0. The number of benzene rings is 2. The zero-order valence-corrected chi connectivity index (χ0v) is 13.5. The van der Waals surface area contributed by atoms with Crippen LogP contribution >= 0.6 is 27.5 Å². The van der Waals surface area contributed by atoms with Gasteiger partial charge in [0.1, 0.15) is 0 Å². The number of hydrogen-bond acceptors (Lipinski definition) is 3. The fraction of sp³-hybridized carbons (Fsp3) is 0.200. The van der Waals surface area contributed by atoms with Gasteiger partial charge in [-0.15, -0.1) is 0 Å². The van der Waals surface area contributed by atoms with Gasteiger partial charge in [0.2, 0.25) is 0 Å². The van der Waals surface area contributed by atoms with E-state index in [4.69, 9.17) is 26.8 Å². The van der Waals surface area contributed by atoms with Crippen molar-refractivity contribution in [1.82, 2.24) is 0 Å². The molecule has 0 radical (unpaired) electrons. The summed E-state index contributed by atoms with van der Waals surface area (Å²) in [5.74, 6) is 1.33. The maximum atomic E-state index is 6.28. The van der Waals surface area contributed by atoms with Crippen LogP contribution in [0.25, 0.3) is 0 Å². The van der Waals surface area contributed by atoms with Crippen LogP contribution in [0.5, 0.6) is 11.5 Å². The first-order chi connectivity index (χ1) is 9.56. The first-order valence-electron chi connectivity index (χ1n) is 5.99. The molecule has 5 heteroatoms. The van der Waals surface area contributed by atoms with E-state index in [0.29, 0.717) is 16.5 Å². The first kappa shape index (κ1) is 15.2. The van der Waals surface area contributed by atoms with E-state index < -0.39 is 0 Å². The summed E-state index contributed by atoms with van der Waals surface area (Å²) in [5, 5.41) is 0.637. The Balaban J connectivity index is 2.37. The van der Waals surface area contributed by atoms with Gasteiger partial charge in [-0.3, -0.25) is 0 Å². The molecule has 0 amide bonds. The third-order valence-electron chi connectivity index (χ3n) is 3.07. The van der Waals surface area contributed by atoms with Gasteiger partial charge >= 0.3 is 0 Å². The smallest absolute Gasteiger partial charge is 0.161 e. The molecule has 2 aromatic carbocycles. The molecule has 20 heavy (non-hydrogen) atoms. The van der Waals surface area contributed by atoms with Crippen LogP contribution in [0, 0.1) is 0 Å². The molecule has 0 fully saturated rings. The Labute approximate surface area is 131 Å². The number of halogens is 2. The summed E-state index contributed by atoms with van der Waals surface area (Å²) in [6.07, 6.45) is 0. The summed E-state index contributed by atoms with van der Waals surface area (Å²) in [7, 11) is 3.20. The van der Waals surface area contributed by atoms with E-state index in [1.807, 2.05) is 36.4 Å². The SMILES string of the molecule is COc1ccc(C(N)c2ccc(Br)c(Cl)c2)cc1OC. The van der Waals surface area contributed by atoms with Crippen LogP contribution < -0.4 is 15.2 Å². The van der Waals surface area contributed by atoms with Gasteiger partial charge in [0.25, 0.3) is 0 Å². The molecule has 0 aliphatic rings. The van der Waals surface area contributed by atoms with Crippen LogP contribution in [0.3, 0.4) is 0 Å². The van der Waals surface area contributed by atoms with Crippen LogP contribution in [-0.2, 0) is 0 Å². The van der Waals surface area contributed by atoms with Gasteiger partial charge in [-0.05, 0) is 51.3 Å². The molecule has 2 N–H and O–H groups in total. The summed E-state index contributed by atoms with van der Waals surface area (Å²) in [6, 6.07) is 11.0. The molecule has 0 bridgehead atoms. The van der Waals surface area contributed by atoms with Gasteiger partial charge in [-0.1, -0.05) is 23.7 Å². The summed E-state index contributed by atoms with van der Waals surface area (Å²) < 4.78 is 11.4. The third-order valence-corrected chi connectivity index (χ3v) is 4.30. The van der Waals surface area contributed by atoms with E-state index >= 15 is 0 Å². The standard InChI is InChI=1S/C15H15BrClNO2/c1-19-13-6-4-10(8-14(13)20-2)15(18)9-3-5-11(16)12(17)7-9/h3-8,15H,18H2,1-2H3. The lowest BCUT2D eigenvalue weighted by molar-refractivity contribution is 0.354. The van der Waals surface area contributed by atoms with E-state index in [9.17, 15) is 0 Å². The minimum atomic E-state index is -0.277. The highest BCUT2D eigenvalue weighted by Gasteiger charge is 2.13. The fourth-order valence-corrected chi connectivity index (χ4v) is 2.38. The molecule has 0 aliphatic carbocycles. The molecular weight excluding hydrogens is 342 g/mol. The van der Waals surface area contributed by atoms with E-state index in [0.717, 1.165) is 15.6 Å². The lowest BCUT2D eigenvalue weighted by Crippen LogP contribution is -2.12. The summed E-state index contributed by atoms with van der Waals surface area (Å²) >= 11 is 9.47. The minimum absolute atomic E-state index is 0.277. The monoisotopic (exact) mass is 355 g/mol. The van der Waals surface area contributed by atoms with Crippen LogP contribution in [-0.4, -0.2) is 14.2 Å². The molecule has 0 spiro atoms. The Kier molecular flexibility index (Phi) is 4.91. The van der Waals surface area contributed by atoms with Gasteiger partial charge in [0.05, 0.1) is 25.3 Å². The highest BCUT2D eigenvalue weighted by atomic mass is 79.9. The quantitative estimate of drug-likeness (QED) is 0.894. The lowest BCUT2D eigenvalue weighted by atomic mass is 9.99. The average Bonchev–Trinajstić information content (AvgIpc) is 2.48. The zero-order valence-electron chi connectivity index (χ0n) is 11.2. The Morgan fingerprint density at radius 3 is 2.20 bits per heavy atom. The van der Waals surface area contributed by atoms with E-state index in [1.165, 1.54) is 0 Å². The van der Waals surface area contributed by atoms with Crippen molar-refractivity contribution in [3.05, 3.63) is 57.0 Å². The van der Waals surface area contributed by atoms with Crippen LogP contribution in [0.2, 0.25) is 5.02 Å². The van der Waals surface area contributed by atoms with Crippen LogP contribution in [0.15, 0.2) is 40.9 Å². The number of ether oxygens (including phenoxy) is 2. The molecule has 2 aromatic rings. The van der Waals surface area contributed by atoms with E-state index in [2.05, 4.69) is 15.9 Å². The second-order valence-electron chi connectivity index (χ2n) is 4.27.